The molecule has 2 heterocycles. The average Bonchev–Trinajstić information content (AvgIpc) is 2.67. The van der Waals surface area contributed by atoms with Crippen LogP contribution in [0.5, 0.6) is 0 Å². The van der Waals surface area contributed by atoms with Gasteiger partial charge in [0.25, 0.3) is 0 Å². The van der Waals surface area contributed by atoms with Gasteiger partial charge >= 0.3 is 0 Å². The normalized spacial score (nSPS) is 15.1. The second kappa shape index (κ2) is 10.4. The van der Waals surface area contributed by atoms with E-state index in [4.69, 9.17) is 25.3 Å². The largest absolute Gasteiger partial charge is 0.800 e. The molecule has 1 aromatic carbocycles. The maximum atomic E-state index is 10.8. The molecule has 1 aliphatic rings. The van der Waals surface area contributed by atoms with Crippen LogP contribution in [-0.4, -0.2) is 41.8 Å². The third-order valence-corrected chi connectivity index (χ3v) is 4.97. The molecule has 1 fully saturated rings. The van der Waals surface area contributed by atoms with Crippen LogP contribution in [0.3, 0.4) is 0 Å². The number of carbonyl (C=O) groups excluding carboxylic acids is 1. The van der Waals surface area contributed by atoms with Crippen LogP contribution in [0, 0.1) is 0 Å². The molecule has 1 saturated heterocycles. The number of rotatable bonds is 5. The molecule has 0 spiro atoms. The van der Waals surface area contributed by atoms with Gasteiger partial charge in [0.05, 0.1) is 19.1 Å². The Labute approximate surface area is 186 Å². The molecule has 5 nitrogen and oxygen atoms in total. The number of hydrogen-bond donors (Lipinski definition) is 0. The van der Waals surface area contributed by atoms with Crippen LogP contribution >= 0.6 is 0 Å². The number of aromatic carboxylic acids is 1. The van der Waals surface area contributed by atoms with Crippen molar-refractivity contribution in [2.75, 3.05) is 31.2 Å². The maximum absolute atomic E-state index is 10.8. The van der Waals surface area contributed by atoms with Crippen LogP contribution in [0.15, 0.2) is 48.8 Å². The number of piperazine rings is 1. The molecule has 27 heavy (non-hydrogen) atoms. The zero-order valence-corrected chi connectivity index (χ0v) is 18.3. The van der Waals surface area contributed by atoms with E-state index < -0.39 is 5.97 Å². The summed E-state index contributed by atoms with van der Waals surface area (Å²) in [7, 11) is 0. The molecular weight excluding hydrogens is 563 g/mol. The van der Waals surface area contributed by atoms with Crippen molar-refractivity contribution in [3.05, 3.63) is 65.5 Å². The first-order chi connectivity index (χ1) is 12.5. The van der Waals surface area contributed by atoms with E-state index in [-0.39, 0.29) is 32.6 Å². The van der Waals surface area contributed by atoms with Gasteiger partial charge < -0.3 is 40.1 Å². The molecule has 1 aromatic heterocycles. The van der Waals surface area contributed by atoms with Gasteiger partial charge in [-0.1, -0.05) is 41.1 Å². The van der Waals surface area contributed by atoms with Gasteiger partial charge in [-0.25, -0.2) is 4.71 Å². The number of carbonyl (C=O) groups is 1. The molecular formula is C19H19AuN3O2S2-2. The summed E-state index contributed by atoms with van der Waals surface area (Å²) in [5.41, 5.74) is 2.19. The molecule has 1 aliphatic heterocycles. The van der Waals surface area contributed by atoms with Gasteiger partial charge in [0.2, 0.25) is 0 Å². The van der Waals surface area contributed by atoms with Gasteiger partial charge in [0.15, 0.2) is 12.4 Å². The summed E-state index contributed by atoms with van der Waals surface area (Å²) in [5.74, 6) is -1.16. The zero-order chi connectivity index (χ0) is 18.5. The van der Waals surface area contributed by atoms with E-state index in [2.05, 4.69) is 14.6 Å². The van der Waals surface area contributed by atoms with E-state index in [1.807, 2.05) is 36.7 Å². The molecule has 0 saturated carbocycles. The number of hydrogen-bond acceptors (Lipinski definition) is 6. The number of carboxylic acid groups (broad SMARTS) is 1. The third kappa shape index (κ3) is 6.14. The maximum Gasteiger partial charge on any atom is 0.200 e. The number of aromatic nitrogens is 1. The van der Waals surface area contributed by atoms with Crippen LogP contribution in [0.4, 0.5) is 0 Å². The predicted octanol–water partition coefficient (Wildman–Crippen LogP) is 0.137. The minimum atomic E-state index is -1.16. The van der Waals surface area contributed by atoms with E-state index >= 15 is 0 Å². The number of benzene rings is 1. The number of pyridine rings is 1. The second-order valence-electron chi connectivity index (χ2n) is 6.05. The molecule has 0 unspecified atom stereocenters. The van der Waals surface area contributed by atoms with E-state index in [1.54, 1.807) is 24.3 Å². The molecule has 3 rings (SSSR count). The van der Waals surface area contributed by atoms with Crippen molar-refractivity contribution in [3.8, 4) is 0 Å². The van der Waals surface area contributed by atoms with E-state index in [0.717, 1.165) is 37.3 Å². The minimum Gasteiger partial charge on any atom is -0.800 e. The second-order valence-corrected chi connectivity index (χ2v) is 7.24. The Morgan fingerprint density at radius 2 is 1.48 bits per heavy atom. The first kappa shape index (κ1) is 22.1. The molecule has 8 heteroatoms. The first-order valence-corrected chi connectivity index (χ1v) is 9.29. The first-order valence-electron chi connectivity index (χ1n) is 8.35. The Hall–Kier alpha value is -1.22. The van der Waals surface area contributed by atoms with Crippen molar-refractivity contribution in [2.24, 2.45) is 0 Å². The summed E-state index contributed by atoms with van der Waals surface area (Å²) in [6, 6.07) is 10.7. The Morgan fingerprint density at radius 1 is 0.963 bits per heavy atom. The van der Waals surface area contributed by atoms with Gasteiger partial charge in [-0.05, 0) is 16.7 Å². The van der Waals surface area contributed by atoms with Gasteiger partial charge in [-0.2, -0.15) is 5.01 Å². The van der Waals surface area contributed by atoms with Crippen molar-refractivity contribution in [2.45, 2.75) is 4.71 Å². The summed E-state index contributed by atoms with van der Waals surface area (Å²) in [6.45, 7) is 3.56. The minimum absolute atomic E-state index is 0. The van der Waals surface area contributed by atoms with Crippen LogP contribution in [0.2, 0.25) is 0 Å². The van der Waals surface area contributed by atoms with Gasteiger partial charge in [0, 0.05) is 47.6 Å². The molecule has 0 aliphatic carbocycles. The van der Waals surface area contributed by atoms with E-state index in [1.165, 1.54) is 0 Å². The Bertz CT molecular complexity index is 775. The predicted molar refractivity (Wildman–Crippen MR) is 104 cm³/mol. The van der Waals surface area contributed by atoms with E-state index in [0.29, 0.717) is 0 Å². The fourth-order valence-electron chi connectivity index (χ4n) is 2.81. The van der Waals surface area contributed by atoms with Crippen LogP contribution in [0.1, 0.15) is 21.5 Å². The monoisotopic (exact) mass is 582 g/mol. The summed E-state index contributed by atoms with van der Waals surface area (Å²) in [5, 5.41) is 13.0. The molecule has 0 bridgehead atoms. The van der Waals surface area contributed by atoms with Crippen molar-refractivity contribution in [1.29, 1.82) is 0 Å². The topological polar surface area (TPSA) is 50.5 Å². The number of carboxylic acids is 1. The standard InChI is InChI=1S/C19H21N3O2S2.Au/c23-18(24)17-5-3-15(4-6-17)1-2-16-7-9-21(10-8-16)22-13-11-20(12-14-22)19(25)26;/h1-10,19H,11-14H2,(H2-,23,24,25,26);/p-2/b2-1+;. The average molecular weight is 582 g/mol. The summed E-state index contributed by atoms with van der Waals surface area (Å²) in [4.78, 5) is 12.9. The summed E-state index contributed by atoms with van der Waals surface area (Å²) < 4.78 is 1.86. The molecule has 147 valence electrons. The van der Waals surface area contributed by atoms with Crippen LogP contribution in [-0.2, 0) is 47.6 Å². The summed E-state index contributed by atoms with van der Waals surface area (Å²) >= 11 is 10.3. The van der Waals surface area contributed by atoms with Crippen molar-refractivity contribution in [1.82, 2.24) is 4.90 Å². The number of nitrogens with zero attached hydrogens (tertiary/aromatic N) is 3. The van der Waals surface area contributed by atoms with Crippen LogP contribution in [0.25, 0.3) is 12.2 Å². The zero-order valence-electron chi connectivity index (χ0n) is 14.5. The molecule has 1 radical (unpaired) electrons. The quantitative estimate of drug-likeness (QED) is 0.284. The van der Waals surface area contributed by atoms with Gasteiger partial charge in [0.1, 0.15) is 0 Å². The third-order valence-electron chi connectivity index (χ3n) is 4.37. The fourth-order valence-corrected chi connectivity index (χ4v) is 3.23. The van der Waals surface area contributed by atoms with Crippen molar-refractivity contribution in [3.63, 3.8) is 0 Å². The molecule has 2 aromatic rings. The van der Waals surface area contributed by atoms with Crippen molar-refractivity contribution < 1.29 is 37.0 Å². The van der Waals surface area contributed by atoms with E-state index in [9.17, 15) is 9.90 Å². The Kier molecular flexibility index (Phi) is 8.47. The van der Waals surface area contributed by atoms with Gasteiger partial charge in [-0.3, -0.25) is 0 Å². The molecule has 0 atom stereocenters. The Balaban J connectivity index is 0.00000261. The smallest absolute Gasteiger partial charge is 0.200 e. The van der Waals surface area contributed by atoms with Crippen molar-refractivity contribution >= 4 is 43.4 Å². The molecule has 0 N–H and O–H groups in total. The Morgan fingerprint density at radius 3 is 1.96 bits per heavy atom. The fraction of sp³-hybridized carbons (Fsp3) is 0.263. The van der Waals surface area contributed by atoms with Crippen LogP contribution < -0.4 is 14.8 Å². The molecule has 0 amide bonds. The summed E-state index contributed by atoms with van der Waals surface area (Å²) in [6.07, 6.45) is 8.01. The van der Waals surface area contributed by atoms with Gasteiger partial charge in [-0.15, -0.1) is 0 Å². The SMILES string of the molecule is O=C([O-])c1ccc(/C=C/c2cc[n+](N3CCN(C([S-])[S-])CC3)cc2)cc1.[Au].